The summed E-state index contributed by atoms with van der Waals surface area (Å²) in [4.78, 5) is 12.6. The molecule has 3 N–H and O–H groups in total. The largest absolute Gasteiger partial charge is 0.357 e. The van der Waals surface area contributed by atoms with Gasteiger partial charge in [0, 0.05) is 31.1 Å². The van der Waals surface area contributed by atoms with Crippen LogP contribution in [-0.4, -0.2) is 35.6 Å². The topological polar surface area (TPSA) is 65.1 Å². The van der Waals surface area contributed by atoms with Gasteiger partial charge in [-0.25, -0.2) is 4.98 Å². The van der Waals surface area contributed by atoms with Crippen LogP contribution in [0.1, 0.15) is 18.3 Å². The lowest BCUT2D eigenvalue weighted by Gasteiger charge is -2.11. The number of fused-ring (bicyclic) bond motifs is 1. The molecule has 0 unspecified atom stereocenters. The summed E-state index contributed by atoms with van der Waals surface area (Å²) in [6.07, 6.45) is 1.63. The average molecular weight is 498 g/mol. The molecule has 3 aromatic rings. The van der Waals surface area contributed by atoms with Gasteiger partial charge in [-0.2, -0.15) is 0 Å². The lowest BCUT2D eigenvalue weighted by atomic mass is 10.1. The van der Waals surface area contributed by atoms with E-state index in [1.54, 1.807) is 0 Å². The highest BCUT2D eigenvalue weighted by Gasteiger charge is 2.03. The molecule has 144 valence electrons. The number of nitrogens with zero attached hydrogens (tertiary/aromatic N) is 2. The molecule has 3 rings (SSSR count). The summed E-state index contributed by atoms with van der Waals surface area (Å²) in [7, 11) is 0. The highest BCUT2D eigenvalue weighted by molar-refractivity contribution is 14.0. The summed E-state index contributed by atoms with van der Waals surface area (Å²) in [6.45, 7) is 4.33. The van der Waals surface area contributed by atoms with Crippen LogP contribution >= 0.6 is 35.6 Å². The second-order valence-corrected chi connectivity index (χ2v) is 6.39. The second kappa shape index (κ2) is 11.1. The first-order chi connectivity index (χ1) is 12.8. The number of halogens is 2. The number of hydrogen-bond acceptors (Lipinski definition) is 2. The molecule has 27 heavy (non-hydrogen) atoms. The van der Waals surface area contributed by atoms with Crippen LogP contribution in [0.15, 0.2) is 53.5 Å². The number of hydrogen-bond donors (Lipinski definition) is 3. The first kappa shape index (κ1) is 21.5. The van der Waals surface area contributed by atoms with Crippen molar-refractivity contribution in [1.82, 2.24) is 20.6 Å². The number of rotatable bonds is 7. The van der Waals surface area contributed by atoms with Crippen molar-refractivity contribution in [1.29, 1.82) is 0 Å². The fourth-order valence-electron chi connectivity index (χ4n) is 2.76. The van der Waals surface area contributed by atoms with E-state index in [1.165, 1.54) is 0 Å². The summed E-state index contributed by atoms with van der Waals surface area (Å²) in [6, 6.07) is 16.0. The van der Waals surface area contributed by atoms with Crippen molar-refractivity contribution in [2.24, 2.45) is 4.99 Å². The predicted octanol–water partition coefficient (Wildman–Crippen LogP) is 4.17. The summed E-state index contributed by atoms with van der Waals surface area (Å²) < 4.78 is 0. The zero-order valence-corrected chi connectivity index (χ0v) is 18.4. The minimum absolute atomic E-state index is 0. The van der Waals surface area contributed by atoms with Crippen molar-refractivity contribution in [2.75, 3.05) is 19.6 Å². The molecule has 0 saturated heterocycles. The van der Waals surface area contributed by atoms with Crippen molar-refractivity contribution >= 4 is 52.6 Å². The van der Waals surface area contributed by atoms with Crippen molar-refractivity contribution in [3.8, 4) is 0 Å². The molecule has 2 aromatic carbocycles. The maximum absolute atomic E-state index is 6.20. The van der Waals surface area contributed by atoms with Gasteiger partial charge in [-0.1, -0.05) is 41.9 Å². The Hall–Kier alpha value is -1.80. The molecule has 0 aliphatic carbocycles. The van der Waals surface area contributed by atoms with Gasteiger partial charge in [0.15, 0.2) is 5.96 Å². The van der Waals surface area contributed by atoms with Crippen molar-refractivity contribution < 1.29 is 0 Å². The minimum Gasteiger partial charge on any atom is -0.357 e. The van der Waals surface area contributed by atoms with Crippen molar-refractivity contribution in [3.63, 3.8) is 0 Å². The van der Waals surface area contributed by atoms with Gasteiger partial charge in [-0.3, -0.25) is 4.99 Å². The third-order valence-corrected chi connectivity index (χ3v) is 4.41. The Bertz CT molecular complexity index is 844. The SMILES string of the molecule is CCNC(=NCCc1nc2ccccc2[nH]1)NCCc1ccccc1Cl.I. The summed E-state index contributed by atoms with van der Waals surface area (Å²) >= 11 is 6.20. The summed E-state index contributed by atoms with van der Waals surface area (Å²) in [5.74, 6) is 1.78. The van der Waals surface area contributed by atoms with E-state index in [4.69, 9.17) is 11.6 Å². The molecule has 0 bridgehead atoms. The molecule has 5 nitrogen and oxygen atoms in total. The Balaban J connectivity index is 0.00000261. The summed E-state index contributed by atoms with van der Waals surface area (Å²) in [5.41, 5.74) is 3.20. The Labute approximate surface area is 182 Å². The Kier molecular flexibility index (Phi) is 8.87. The van der Waals surface area contributed by atoms with Crippen LogP contribution in [0.5, 0.6) is 0 Å². The fourth-order valence-corrected chi connectivity index (χ4v) is 2.99. The first-order valence-electron chi connectivity index (χ1n) is 8.95. The van der Waals surface area contributed by atoms with Gasteiger partial charge in [0.2, 0.25) is 0 Å². The Morgan fingerprint density at radius 3 is 2.63 bits per heavy atom. The van der Waals surface area contributed by atoms with Gasteiger partial charge >= 0.3 is 0 Å². The number of H-pyrrole nitrogens is 1. The molecule has 0 aliphatic heterocycles. The molecule has 0 saturated carbocycles. The normalized spacial score (nSPS) is 11.3. The molecule has 1 heterocycles. The molecule has 7 heteroatoms. The number of para-hydroxylation sites is 2. The van der Waals surface area contributed by atoms with Crippen LogP contribution < -0.4 is 10.6 Å². The molecule has 0 amide bonds. The van der Waals surface area contributed by atoms with Crippen LogP contribution in [-0.2, 0) is 12.8 Å². The number of benzene rings is 2. The first-order valence-corrected chi connectivity index (χ1v) is 9.33. The third kappa shape index (κ3) is 6.39. The van der Waals surface area contributed by atoms with E-state index in [1.807, 2.05) is 42.5 Å². The monoisotopic (exact) mass is 497 g/mol. The van der Waals surface area contributed by atoms with Gasteiger partial charge in [-0.05, 0) is 37.1 Å². The fraction of sp³-hybridized carbons (Fsp3) is 0.300. The van der Waals surface area contributed by atoms with E-state index in [-0.39, 0.29) is 24.0 Å². The lowest BCUT2D eigenvalue weighted by molar-refractivity contribution is 0.792. The predicted molar refractivity (Wildman–Crippen MR) is 124 cm³/mol. The number of nitrogens with one attached hydrogen (secondary N) is 3. The molecular formula is C20H25ClIN5. The van der Waals surface area contributed by atoms with Crippen LogP contribution in [0.25, 0.3) is 11.0 Å². The summed E-state index contributed by atoms with van der Waals surface area (Å²) in [5, 5.41) is 7.44. The van der Waals surface area contributed by atoms with Crippen LogP contribution in [0.4, 0.5) is 0 Å². The van der Waals surface area contributed by atoms with Gasteiger partial charge in [0.1, 0.15) is 5.82 Å². The van der Waals surface area contributed by atoms with Crippen LogP contribution in [0.3, 0.4) is 0 Å². The molecule has 0 aliphatic rings. The standard InChI is InChI=1S/C20H24ClN5.HI/c1-2-22-20(23-13-11-15-7-3-4-8-16(15)21)24-14-12-19-25-17-9-5-6-10-18(17)26-19;/h3-10H,2,11-14H2,1H3,(H,25,26)(H2,22,23,24);1H. The highest BCUT2D eigenvalue weighted by Crippen LogP contribution is 2.14. The Morgan fingerprint density at radius 1 is 1.07 bits per heavy atom. The third-order valence-electron chi connectivity index (χ3n) is 4.05. The zero-order valence-electron chi connectivity index (χ0n) is 15.3. The maximum atomic E-state index is 6.20. The number of aromatic nitrogens is 2. The van der Waals surface area contributed by atoms with E-state index < -0.39 is 0 Å². The van der Waals surface area contributed by atoms with Crippen LogP contribution in [0, 0.1) is 0 Å². The van der Waals surface area contributed by atoms with Gasteiger partial charge in [-0.15, -0.1) is 24.0 Å². The molecule has 1 aromatic heterocycles. The highest BCUT2D eigenvalue weighted by atomic mass is 127. The van der Waals surface area contributed by atoms with E-state index in [2.05, 4.69) is 38.6 Å². The maximum Gasteiger partial charge on any atom is 0.191 e. The Morgan fingerprint density at radius 2 is 1.85 bits per heavy atom. The number of aromatic amines is 1. The van der Waals surface area contributed by atoms with Gasteiger partial charge in [0.05, 0.1) is 11.0 Å². The average Bonchev–Trinajstić information content (AvgIpc) is 3.06. The molecule has 0 spiro atoms. The van der Waals surface area contributed by atoms with E-state index in [0.717, 1.165) is 59.3 Å². The second-order valence-electron chi connectivity index (χ2n) is 5.98. The van der Waals surface area contributed by atoms with Crippen molar-refractivity contribution in [3.05, 3.63) is 64.9 Å². The lowest BCUT2D eigenvalue weighted by Crippen LogP contribution is -2.38. The van der Waals surface area contributed by atoms with E-state index in [9.17, 15) is 0 Å². The number of imidazole rings is 1. The quantitative estimate of drug-likeness (QED) is 0.261. The molecule has 0 atom stereocenters. The zero-order chi connectivity index (χ0) is 18.2. The van der Waals surface area contributed by atoms with Crippen LogP contribution in [0.2, 0.25) is 5.02 Å². The van der Waals surface area contributed by atoms with Gasteiger partial charge in [0.25, 0.3) is 0 Å². The number of aliphatic imine (C=N–C) groups is 1. The minimum atomic E-state index is 0. The smallest absolute Gasteiger partial charge is 0.191 e. The van der Waals surface area contributed by atoms with Crippen molar-refractivity contribution in [2.45, 2.75) is 19.8 Å². The molecule has 0 fully saturated rings. The number of guanidine groups is 1. The van der Waals surface area contributed by atoms with E-state index >= 15 is 0 Å². The molecular weight excluding hydrogens is 473 g/mol. The molecule has 0 radical (unpaired) electrons. The van der Waals surface area contributed by atoms with Gasteiger partial charge < -0.3 is 15.6 Å². The van der Waals surface area contributed by atoms with E-state index in [0.29, 0.717) is 6.54 Å².